The van der Waals surface area contributed by atoms with E-state index in [2.05, 4.69) is 35.2 Å². The maximum atomic E-state index is 5.57. The fourth-order valence-electron chi connectivity index (χ4n) is 2.73. The van der Waals surface area contributed by atoms with Gasteiger partial charge in [0.2, 0.25) is 0 Å². The molecule has 1 aromatic carbocycles. The number of nitrogens with zero attached hydrogens (tertiary/aromatic N) is 3. The fraction of sp³-hybridized carbons (Fsp3) is 0.312. The predicted molar refractivity (Wildman–Crippen MR) is 80.3 cm³/mol. The highest BCUT2D eigenvalue weighted by molar-refractivity contribution is 6.03. The van der Waals surface area contributed by atoms with E-state index in [1.54, 1.807) is 0 Å². The summed E-state index contributed by atoms with van der Waals surface area (Å²) in [5, 5.41) is 12.7. The van der Waals surface area contributed by atoms with Gasteiger partial charge < -0.3 is 5.84 Å². The van der Waals surface area contributed by atoms with Gasteiger partial charge in [0.05, 0.1) is 17.1 Å². The van der Waals surface area contributed by atoms with Crippen molar-refractivity contribution in [3.63, 3.8) is 0 Å². The molecule has 1 aliphatic rings. The molecule has 1 heterocycles. The number of benzene rings is 1. The second-order valence-corrected chi connectivity index (χ2v) is 6.05. The Morgan fingerprint density at radius 3 is 2.55 bits per heavy atom. The van der Waals surface area contributed by atoms with Gasteiger partial charge >= 0.3 is 0 Å². The summed E-state index contributed by atoms with van der Waals surface area (Å²) in [6, 6.07) is 12.1. The van der Waals surface area contributed by atoms with Crippen molar-refractivity contribution in [1.29, 1.82) is 0 Å². The van der Waals surface area contributed by atoms with Crippen LogP contribution in [0.4, 0.5) is 0 Å². The smallest absolute Gasteiger partial charge is 0.0936 e. The van der Waals surface area contributed by atoms with Crippen LogP contribution in [0, 0.1) is 5.41 Å². The molecule has 0 unspecified atom stereocenters. The molecule has 0 aliphatic heterocycles. The van der Waals surface area contributed by atoms with Gasteiger partial charge in [-0.1, -0.05) is 44.2 Å². The Morgan fingerprint density at radius 1 is 1.10 bits per heavy atom. The molecular weight excluding hydrogens is 248 g/mol. The van der Waals surface area contributed by atoms with Crippen LogP contribution in [-0.2, 0) is 6.42 Å². The third-order valence-corrected chi connectivity index (χ3v) is 3.70. The number of aromatic nitrogens is 2. The lowest BCUT2D eigenvalue weighted by Crippen LogP contribution is -2.29. The molecule has 0 amide bonds. The van der Waals surface area contributed by atoms with Crippen LogP contribution in [0.5, 0.6) is 0 Å². The van der Waals surface area contributed by atoms with Crippen LogP contribution in [-0.4, -0.2) is 15.9 Å². The van der Waals surface area contributed by atoms with Crippen molar-refractivity contribution in [2.75, 3.05) is 0 Å². The van der Waals surface area contributed by atoms with Crippen molar-refractivity contribution in [3.05, 3.63) is 47.7 Å². The molecular formula is C16H18N4. The van der Waals surface area contributed by atoms with Crippen LogP contribution in [0.1, 0.15) is 31.5 Å². The minimum Gasteiger partial charge on any atom is -0.323 e. The highest BCUT2D eigenvalue weighted by Gasteiger charge is 2.31. The van der Waals surface area contributed by atoms with E-state index in [0.717, 1.165) is 41.1 Å². The van der Waals surface area contributed by atoms with E-state index in [1.165, 1.54) is 0 Å². The average Bonchev–Trinajstić information content (AvgIpc) is 2.46. The quantitative estimate of drug-likeness (QED) is 0.637. The summed E-state index contributed by atoms with van der Waals surface area (Å²) < 4.78 is 0. The number of hydrogen-bond donors (Lipinski definition) is 1. The normalized spacial score (nSPS) is 18.8. The standard InChI is InChI=1S/C16H18N4/c1-16(2)9-14(18-17)12-8-13(19-20-15(12)10-16)11-6-4-3-5-7-11/h3-8H,9-10,17H2,1-2H3. The third-order valence-electron chi connectivity index (χ3n) is 3.70. The highest BCUT2D eigenvalue weighted by atomic mass is 15.1. The largest absolute Gasteiger partial charge is 0.323 e. The zero-order valence-corrected chi connectivity index (χ0v) is 11.8. The van der Waals surface area contributed by atoms with Crippen molar-refractivity contribution in [1.82, 2.24) is 10.2 Å². The minimum absolute atomic E-state index is 0.133. The van der Waals surface area contributed by atoms with Crippen LogP contribution < -0.4 is 5.84 Å². The van der Waals surface area contributed by atoms with E-state index in [0.29, 0.717) is 0 Å². The van der Waals surface area contributed by atoms with Gasteiger partial charge in [0.25, 0.3) is 0 Å². The molecule has 102 valence electrons. The number of fused-ring (bicyclic) bond motifs is 1. The van der Waals surface area contributed by atoms with E-state index < -0.39 is 0 Å². The zero-order valence-electron chi connectivity index (χ0n) is 11.8. The molecule has 4 heteroatoms. The molecule has 0 fully saturated rings. The lowest BCUT2D eigenvalue weighted by Gasteiger charge is -2.30. The third kappa shape index (κ3) is 2.29. The molecule has 20 heavy (non-hydrogen) atoms. The van der Waals surface area contributed by atoms with E-state index in [4.69, 9.17) is 5.84 Å². The van der Waals surface area contributed by atoms with Gasteiger partial charge in [0, 0.05) is 11.1 Å². The molecule has 2 N–H and O–H groups in total. The van der Waals surface area contributed by atoms with Crippen LogP contribution in [0.25, 0.3) is 11.3 Å². The van der Waals surface area contributed by atoms with Crippen molar-refractivity contribution < 1.29 is 0 Å². The molecule has 1 aromatic heterocycles. The van der Waals surface area contributed by atoms with Crippen molar-refractivity contribution in [2.24, 2.45) is 16.4 Å². The summed E-state index contributed by atoms with van der Waals surface area (Å²) in [4.78, 5) is 0. The Balaban J connectivity index is 2.10. The molecule has 0 spiro atoms. The topological polar surface area (TPSA) is 64.2 Å². The minimum atomic E-state index is 0.133. The summed E-state index contributed by atoms with van der Waals surface area (Å²) >= 11 is 0. The van der Waals surface area contributed by atoms with Crippen molar-refractivity contribution in [3.8, 4) is 11.3 Å². The van der Waals surface area contributed by atoms with E-state index in [9.17, 15) is 0 Å². The maximum absolute atomic E-state index is 5.57. The molecule has 0 radical (unpaired) electrons. The van der Waals surface area contributed by atoms with Gasteiger partial charge in [0.1, 0.15) is 0 Å². The number of rotatable bonds is 1. The van der Waals surface area contributed by atoms with Gasteiger partial charge in [-0.15, -0.1) is 0 Å². The summed E-state index contributed by atoms with van der Waals surface area (Å²) in [7, 11) is 0. The monoisotopic (exact) mass is 266 g/mol. The van der Waals surface area contributed by atoms with E-state index in [-0.39, 0.29) is 5.41 Å². The van der Waals surface area contributed by atoms with Gasteiger partial charge in [-0.05, 0) is 24.3 Å². The lowest BCUT2D eigenvalue weighted by atomic mass is 9.75. The molecule has 1 aliphatic carbocycles. The number of hydrogen-bond acceptors (Lipinski definition) is 4. The predicted octanol–water partition coefficient (Wildman–Crippen LogP) is 2.78. The Morgan fingerprint density at radius 2 is 1.85 bits per heavy atom. The first-order chi connectivity index (χ1) is 9.59. The van der Waals surface area contributed by atoms with Crippen molar-refractivity contribution in [2.45, 2.75) is 26.7 Å². The van der Waals surface area contributed by atoms with Crippen molar-refractivity contribution >= 4 is 5.71 Å². The Hall–Kier alpha value is -2.23. The second-order valence-electron chi connectivity index (χ2n) is 6.05. The second kappa shape index (κ2) is 4.71. The summed E-state index contributed by atoms with van der Waals surface area (Å²) in [6.07, 6.45) is 1.78. The molecule has 0 saturated heterocycles. The van der Waals surface area contributed by atoms with Crippen LogP contribution in [0.15, 0.2) is 41.5 Å². The van der Waals surface area contributed by atoms with Crippen LogP contribution >= 0.6 is 0 Å². The van der Waals surface area contributed by atoms with E-state index in [1.807, 2.05) is 30.3 Å². The van der Waals surface area contributed by atoms with Crippen LogP contribution in [0.2, 0.25) is 0 Å². The molecule has 0 bridgehead atoms. The fourth-order valence-corrected chi connectivity index (χ4v) is 2.73. The molecule has 2 aromatic rings. The van der Waals surface area contributed by atoms with E-state index >= 15 is 0 Å². The maximum Gasteiger partial charge on any atom is 0.0936 e. The highest BCUT2D eigenvalue weighted by Crippen LogP contribution is 2.34. The first kappa shape index (κ1) is 12.8. The van der Waals surface area contributed by atoms with Gasteiger partial charge in [-0.3, -0.25) is 0 Å². The van der Waals surface area contributed by atoms with Gasteiger partial charge in [-0.2, -0.15) is 15.3 Å². The molecule has 0 atom stereocenters. The molecule has 0 saturated carbocycles. The zero-order chi connectivity index (χ0) is 14.2. The first-order valence-electron chi connectivity index (χ1n) is 6.78. The molecule has 4 nitrogen and oxygen atoms in total. The summed E-state index contributed by atoms with van der Waals surface area (Å²) in [6.45, 7) is 4.40. The number of nitrogens with two attached hydrogens (primary N) is 1. The van der Waals surface area contributed by atoms with Gasteiger partial charge in [0.15, 0.2) is 0 Å². The Kier molecular flexibility index (Phi) is 3.01. The van der Waals surface area contributed by atoms with Gasteiger partial charge in [-0.25, -0.2) is 0 Å². The Labute approximate surface area is 118 Å². The Bertz CT molecular complexity index is 659. The lowest BCUT2D eigenvalue weighted by molar-refractivity contribution is 0.365. The first-order valence-corrected chi connectivity index (χ1v) is 6.78. The number of hydrazone groups is 1. The van der Waals surface area contributed by atoms with Crippen LogP contribution in [0.3, 0.4) is 0 Å². The summed E-state index contributed by atoms with van der Waals surface area (Å²) in [5.41, 5.74) is 5.01. The molecule has 3 rings (SSSR count). The SMILES string of the molecule is CC1(C)CC(=NN)c2cc(-c3ccccc3)nnc2C1. The average molecular weight is 266 g/mol. The summed E-state index contributed by atoms with van der Waals surface area (Å²) in [5.74, 6) is 5.57.